The zero-order valence-corrected chi connectivity index (χ0v) is 15.4. The van der Waals surface area contributed by atoms with Gasteiger partial charge in [-0.1, -0.05) is 0 Å². The third-order valence-corrected chi connectivity index (χ3v) is 3.09. The molecule has 0 atom stereocenters. The van der Waals surface area contributed by atoms with Crippen molar-refractivity contribution < 1.29 is 9.47 Å². The number of aryl methyl sites for hydroxylation is 1. The van der Waals surface area contributed by atoms with Crippen LogP contribution in [-0.4, -0.2) is 68.8 Å². The molecule has 0 aliphatic rings. The van der Waals surface area contributed by atoms with E-state index < -0.39 is 0 Å². The zero-order valence-electron chi connectivity index (χ0n) is 11.7. The number of benzene rings is 1. The van der Waals surface area contributed by atoms with E-state index in [0.717, 1.165) is 32.8 Å². The van der Waals surface area contributed by atoms with Crippen molar-refractivity contribution in [3.05, 3.63) is 18.0 Å². The van der Waals surface area contributed by atoms with Gasteiger partial charge in [-0.3, -0.25) is 0 Å². The quantitative estimate of drug-likeness (QED) is 0.788. The summed E-state index contributed by atoms with van der Waals surface area (Å²) in [6, 6.07) is 3.83. The fourth-order valence-electron chi connectivity index (χ4n) is 1.76. The van der Waals surface area contributed by atoms with E-state index in [2.05, 4.69) is 26.0 Å². The molecule has 0 saturated carbocycles. The largest absolute Gasteiger partial charge is 0 e. The summed E-state index contributed by atoms with van der Waals surface area (Å²) in [7, 11) is 0. The maximum absolute atomic E-state index is 5.59. The molecule has 19 heavy (non-hydrogen) atoms. The van der Waals surface area contributed by atoms with E-state index in [0.29, 0.717) is 13.2 Å². The van der Waals surface area contributed by atoms with Crippen molar-refractivity contribution in [3.63, 3.8) is 0 Å². The van der Waals surface area contributed by atoms with Crippen molar-refractivity contribution in [1.82, 2.24) is 9.97 Å². The Labute approximate surface area is 143 Å². The molecule has 6 heteroatoms. The number of ether oxygens (including phenoxy) is 2. The smallest absolute Gasteiger partial charge is 0 e. The van der Waals surface area contributed by atoms with Crippen molar-refractivity contribution in [2.75, 3.05) is 13.2 Å². The first kappa shape index (κ1) is 16.7. The van der Waals surface area contributed by atoms with Crippen LogP contribution >= 0.6 is 0 Å². The van der Waals surface area contributed by atoms with Gasteiger partial charge in [-0.15, -0.1) is 0 Å². The maximum atomic E-state index is 5.59. The van der Waals surface area contributed by atoms with Gasteiger partial charge in [0.2, 0.25) is 0 Å². The van der Waals surface area contributed by atoms with Gasteiger partial charge in [0.15, 0.2) is 0 Å². The summed E-state index contributed by atoms with van der Waals surface area (Å²) in [5, 5.41) is 0.951. The molecule has 0 aliphatic carbocycles. The van der Waals surface area contributed by atoms with Gasteiger partial charge in [-0.25, -0.2) is 0 Å². The van der Waals surface area contributed by atoms with Gasteiger partial charge < -0.3 is 0 Å². The molecule has 0 aliphatic heterocycles. The average Bonchev–Trinajstić information content (AvgIpc) is 2.31. The van der Waals surface area contributed by atoms with Gasteiger partial charge in [-0.2, -0.15) is 0 Å². The Kier molecular flexibility index (Phi) is 6.57. The van der Waals surface area contributed by atoms with E-state index in [-0.39, 0.29) is 29.6 Å². The van der Waals surface area contributed by atoms with Gasteiger partial charge in [0, 0.05) is 29.6 Å². The normalized spacial score (nSPS) is 10.1. The number of hydrogen-bond donors (Lipinski definition) is 0. The van der Waals surface area contributed by atoms with E-state index in [9.17, 15) is 0 Å². The first-order valence-electron chi connectivity index (χ1n) is 5.90. The van der Waals surface area contributed by atoms with Crippen molar-refractivity contribution in [1.29, 1.82) is 0 Å². The first-order valence-corrected chi connectivity index (χ1v) is 6.76. The van der Waals surface area contributed by atoms with Gasteiger partial charge >= 0.3 is 114 Å². The predicted molar refractivity (Wildman–Crippen MR) is 77.8 cm³/mol. The van der Waals surface area contributed by atoms with Crippen LogP contribution in [0.3, 0.4) is 0 Å². The Morgan fingerprint density at radius 1 is 1.05 bits per heavy atom. The van der Waals surface area contributed by atoms with Crippen LogP contribution in [0.25, 0.3) is 10.9 Å². The summed E-state index contributed by atoms with van der Waals surface area (Å²) in [5.41, 5.74) is 0.864. The summed E-state index contributed by atoms with van der Waals surface area (Å²) in [4.78, 5) is 8.73. The minimum absolute atomic E-state index is 0. The molecule has 1 heterocycles. The van der Waals surface area contributed by atoms with Crippen LogP contribution in [0.5, 0.6) is 11.5 Å². The molecule has 1 aromatic heterocycles. The molecule has 0 fully saturated rings. The van der Waals surface area contributed by atoms with E-state index in [1.165, 1.54) is 0 Å². The fraction of sp³-hybridized carbons (Fsp3) is 0.385. The van der Waals surface area contributed by atoms with Crippen LogP contribution in [0.2, 0.25) is 0 Å². The molecule has 0 N–H and O–H groups in total. The Morgan fingerprint density at radius 3 is 2.21 bits per heavy atom. The second-order valence-electron chi connectivity index (χ2n) is 3.76. The number of rotatable bonds is 4. The third kappa shape index (κ3) is 3.83. The molecule has 96 valence electrons. The minimum atomic E-state index is 0. The average molecular weight is 333 g/mol. The van der Waals surface area contributed by atoms with Gasteiger partial charge in [-0.05, 0) is 0 Å². The molecule has 0 unspecified atom stereocenters. The predicted octanol–water partition coefficient (Wildman–Crippen LogP) is 1.15. The second-order valence-corrected chi connectivity index (χ2v) is 4.57. The van der Waals surface area contributed by atoms with E-state index in [4.69, 9.17) is 9.47 Å². The first-order chi connectivity index (χ1) is 8.65. The number of hydrogen-bond acceptors (Lipinski definition) is 4. The Morgan fingerprint density at radius 2 is 1.63 bits per heavy atom. The Balaban J connectivity index is 0.00000180. The van der Waals surface area contributed by atoms with Crippen molar-refractivity contribution in [2.24, 2.45) is 0 Å². The number of aromatic nitrogens is 2. The van der Waals surface area contributed by atoms with Crippen LogP contribution in [0.1, 0.15) is 19.7 Å². The zero-order chi connectivity index (χ0) is 13.1. The molecule has 2 radical (unpaired) electrons. The Bertz CT molecular complexity index is 578. The van der Waals surface area contributed by atoms with E-state index >= 15 is 0 Å². The van der Waals surface area contributed by atoms with Crippen molar-refractivity contribution in [2.45, 2.75) is 20.8 Å². The monoisotopic (exact) mass is 334 g/mol. The number of nitrogens with zero attached hydrogens (tertiary/aromatic N) is 2. The molecule has 0 bridgehead atoms. The van der Waals surface area contributed by atoms with Crippen LogP contribution < -0.4 is 14.1 Å². The SMILES string of the molecule is CCOc1cc2nc(C)nc([Se])c2cc1OCC.[Na]. The molecule has 2 rings (SSSR count). The van der Waals surface area contributed by atoms with Gasteiger partial charge in [0.05, 0.1) is 0 Å². The molecule has 4 nitrogen and oxygen atoms in total. The molecule has 0 saturated heterocycles. The van der Waals surface area contributed by atoms with Crippen LogP contribution in [0.4, 0.5) is 0 Å². The Hall–Kier alpha value is -0.321. The molecule has 1 aromatic carbocycles. The maximum Gasteiger partial charge on any atom is 0 e. The summed E-state index contributed by atoms with van der Waals surface area (Å²) in [6.07, 6.45) is 0. The fourth-order valence-corrected chi connectivity index (χ4v) is 2.38. The van der Waals surface area contributed by atoms with Crippen LogP contribution in [0, 0.1) is 6.92 Å². The molecular formula is C13H15N2NaO2Se. The summed E-state index contributed by atoms with van der Waals surface area (Å²) in [5.74, 6) is 2.20. The number of fused-ring (bicyclic) bond motifs is 1. The second kappa shape index (κ2) is 7.46. The van der Waals surface area contributed by atoms with Crippen molar-refractivity contribution in [3.8, 4) is 11.5 Å². The van der Waals surface area contributed by atoms with E-state index in [1.54, 1.807) is 0 Å². The summed E-state index contributed by atoms with van der Waals surface area (Å²) in [6.45, 7) is 6.97. The third-order valence-electron chi connectivity index (χ3n) is 2.44. The van der Waals surface area contributed by atoms with Crippen LogP contribution in [-0.2, 0) is 0 Å². The topological polar surface area (TPSA) is 44.2 Å². The summed E-state index contributed by atoms with van der Waals surface area (Å²) >= 11 is 2.96. The summed E-state index contributed by atoms with van der Waals surface area (Å²) < 4.78 is 12.0. The van der Waals surface area contributed by atoms with Crippen LogP contribution in [0.15, 0.2) is 12.1 Å². The molecule has 0 spiro atoms. The van der Waals surface area contributed by atoms with Gasteiger partial charge in [0.1, 0.15) is 0 Å². The molecule has 0 amide bonds. The van der Waals surface area contributed by atoms with E-state index in [1.807, 2.05) is 32.9 Å². The van der Waals surface area contributed by atoms with Crippen molar-refractivity contribution >= 4 is 61.1 Å². The molecule has 2 aromatic rings. The minimum Gasteiger partial charge on any atom is 0 e. The van der Waals surface area contributed by atoms with Gasteiger partial charge in [0.25, 0.3) is 0 Å². The molecular weight excluding hydrogens is 318 g/mol. The standard InChI is InChI=1S/C13H15N2O2Se.Na/c1-4-16-11-6-9-10(7-12(11)17-5-2)14-8(3)15-13(9)18;/h6-7H,4-5H2,1-3H3;.